The van der Waals surface area contributed by atoms with Gasteiger partial charge < -0.3 is 15.1 Å². The summed E-state index contributed by atoms with van der Waals surface area (Å²) in [5.74, 6) is 1.28. The summed E-state index contributed by atoms with van der Waals surface area (Å²) in [6, 6.07) is 0. The standard InChI is InChI=1S/C18H32N4O2.2ClH/c23-17(4-3-16-5-7-19-8-6-16)22-13-11-20(12-14-22)15-18(24)21-9-1-2-10-21;;/h16,19H,1-15H2;2*1H. The van der Waals surface area contributed by atoms with E-state index in [-0.39, 0.29) is 30.7 Å². The average Bonchev–Trinajstić information content (AvgIpc) is 3.16. The molecule has 2 amide bonds. The number of likely N-dealkylation sites (tertiary alicyclic amines) is 1. The summed E-state index contributed by atoms with van der Waals surface area (Å²) in [6.45, 7) is 7.79. The Kier molecular flexibility index (Phi) is 10.8. The Hall–Kier alpha value is -0.560. The summed E-state index contributed by atoms with van der Waals surface area (Å²) in [4.78, 5) is 30.8. The van der Waals surface area contributed by atoms with Crippen molar-refractivity contribution in [1.82, 2.24) is 20.0 Å². The summed E-state index contributed by atoms with van der Waals surface area (Å²) in [6.07, 6.45) is 6.43. The number of nitrogens with one attached hydrogen (secondary N) is 1. The molecule has 3 rings (SSSR count). The Labute approximate surface area is 169 Å². The van der Waals surface area contributed by atoms with Crippen molar-refractivity contribution in [3.05, 3.63) is 0 Å². The number of carbonyl (C=O) groups excluding carboxylic acids is 2. The van der Waals surface area contributed by atoms with Gasteiger partial charge in [-0.3, -0.25) is 14.5 Å². The van der Waals surface area contributed by atoms with E-state index in [0.717, 1.165) is 77.5 Å². The summed E-state index contributed by atoms with van der Waals surface area (Å²) >= 11 is 0. The second kappa shape index (κ2) is 12.0. The highest BCUT2D eigenvalue weighted by Gasteiger charge is 2.25. The molecule has 8 heteroatoms. The van der Waals surface area contributed by atoms with Gasteiger partial charge in [0.25, 0.3) is 0 Å². The maximum Gasteiger partial charge on any atom is 0.236 e. The summed E-state index contributed by atoms with van der Waals surface area (Å²) in [5.41, 5.74) is 0. The first-order valence-electron chi connectivity index (χ1n) is 9.71. The van der Waals surface area contributed by atoms with Crippen LogP contribution in [0.25, 0.3) is 0 Å². The third-order valence-electron chi connectivity index (χ3n) is 5.77. The molecule has 152 valence electrons. The lowest BCUT2D eigenvalue weighted by molar-refractivity contribution is -0.135. The number of halogens is 2. The predicted molar refractivity (Wildman–Crippen MR) is 108 cm³/mol. The quantitative estimate of drug-likeness (QED) is 0.746. The van der Waals surface area contributed by atoms with Crippen molar-refractivity contribution in [1.29, 1.82) is 0 Å². The fourth-order valence-corrected chi connectivity index (χ4v) is 4.07. The van der Waals surface area contributed by atoms with Gasteiger partial charge in [0.2, 0.25) is 11.8 Å². The lowest BCUT2D eigenvalue weighted by atomic mass is 9.93. The van der Waals surface area contributed by atoms with E-state index in [0.29, 0.717) is 18.9 Å². The number of piperidine rings is 1. The molecule has 0 aromatic heterocycles. The first kappa shape index (κ1) is 23.5. The maximum absolute atomic E-state index is 12.4. The Morgan fingerprint density at radius 3 is 2.00 bits per heavy atom. The van der Waals surface area contributed by atoms with Gasteiger partial charge in [-0.05, 0) is 51.1 Å². The molecule has 0 atom stereocenters. The second-order valence-electron chi connectivity index (χ2n) is 7.48. The molecule has 0 aliphatic carbocycles. The number of piperazine rings is 1. The molecule has 3 heterocycles. The first-order chi connectivity index (χ1) is 11.7. The third-order valence-corrected chi connectivity index (χ3v) is 5.77. The van der Waals surface area contributed by atoms with Crippen LogP contribution in [-0.2, 0) is 9.59 Å². The zero-order valence-electron chi connectivity index (χ0n) is 15.7. The van der Waals surface area contributed by atoms with Crippen LogP contribution in [-0.4, -0.2) is 85.4 Å². The van der Waals surface area contributed by atoms with Crippen molar-refractivity contribution in [2.24, 2.45) is 5.92 Å². The average molecular weight is 409 g/mol. The van der Waals surface area contributed by atoms with Gasteiger partial charge in [0.05, 0.1) is 6.54 Å². The Bertz CT molecular complexity index is 433. The molecule has 1 N–H and O–H groups in total. The zero-order valence-corrected chi connectivity index (χ0v) is 17.3. The van der Waals surface area contributed by atoms with Crippen LogP contribution in [0.3, 0.4) is 0 Å². The van der Waals surface area contributed by atoms with Crippen molar-refractivity contribution in [2.75, 3.05) is 58.9 Å². The van der Waals surface area contributed by atoms with Gasteiger partial charge in [-0.2, -0.15) is 0 Å². The molecule has 0 spiro atoms. The molecule has 0 saturated carbocycles. The monoisotopic (exact) mass is 408 g/mol. The van der Waals surface area contributed by atoms with Gasteiger partial charge in [0.1, 0.15) is 0 Å². The smallest absolute Gasteiger partial charge is 0.236 e. The molecular formula is C18H34Cl2N4O2. The number of rotatable bonds is 5. The molecule has 26 heavy (non-hydrogen) atoms. The number of hydrogen-bond acceptors (Lipinski definition) is 4. The molecule has 0 radical (unpaired) electrons. The molecule has 3 fully saturated rings. The number of nitrogens with zero attached hydrogens (tertiary/aromatic N) is 3. The second-order valence-corrected chi connectivity index (χ2v) is 7.48. The van der Waals surface area contributed by atoms with E-state index in [1.165, 1.54) is 12.8 Å². The van der Waals surface area contributed by atoms with Gasteiger partial charge >= 0.3 is 0 Å². The van der Waals surface area contributed by atoms with Crippen LogP contribution in [0.15, 0.2) is 0 Å². The fourth-order valence-electron chi connectivity index (χ4n) is 4.07. The highest BCUT2D eigenvalue weighted by molar-refractivity contribution is 5.85. The van der Waals surface area contributed by atoms with Gasteiger partial charge in [-0.25, -0.2) is 0 Å². The highest BCUT2D eigenvalue weighted by atomic mass is 35.5. The van der Waals surface area contributed by atoms with E-state index < -0.39 is 0 Å². The van der Waals surface area contributed by atoms with Gasteiger partial charge in [0, 0.05) is 45.7 Å². The minimum Gasteiger partial charge on any atom is -0.342 e. The molecule has 0 bridgehead atoms. The van der Waals surface area contributed by atoms with E-state index in [4.69, 9.17) is 0 Å². The minimum atomic E-state index is 0. The Morgan fingerprint density at radius 1 is 0.808 bits per heavy atom. The third kappa shape index (κ3) is 6.87. The first-order valence-corrected chi connectivity index (χ1v) is 9.71. The van der Waals surface area contributed by atoms with E-state index in [9.17, 15) is 9.59 Å². The largest absolute Gasteiger partial charge is 0.342 e. The number of amides is 2. The summed E-state index contributed by atoms with van der Waals surface area (Å²) in [5, 5.41) is 3.37. The molecule has 3 aliphatic rings. The van der Waals surface area contributed by atoms with Crippen LogP contribution in [0.4, 0.5) is 0 Å². The van der Waals surface area contributed by atoms with Gasteiger partial charge in [0.15, 0.2) is 0 Å². The summed E-state index contributed by atoms with van der Waals surface area (Å²) < 4.78 is 0. The van der Waals surface area contributed by atoms with E-state index in [1.54, 1.807) is 0 Å². The Balaban J connectivity index is 0.00000169. The van der Waals surface area contributed by atoms with E-state index >= 15 is 0 Å². The normalized spacial score (nSPS) is 21.8. The van der Waals surface area contributed by atoms with E-state index in [1.807, 2.05) is 9.80 Å². The van der Waals surface area contributed by atoms with Crippen LogP contribution in [0.2, 0.25) is 0 Å². The van der Waals surface area contributed by atoms with Crippen molar-refractivity contribution in [3.63, 3.8) is 0 Å². The van der Waals surface area contributed by atoms with Crippen molar-refractivity contribution >= 4 is 36.6 Å². The van der Waals surface area contributed by atoms with Gasteiger partial charge in [-0.15, -0.1) is 24.8 Å². The topological polar surface area (TPSA) is 55.9 Å². The molecule has 3 saturated heterocycles. The minimum absolute atomic E-state index is 0. The predicted octanol–water partition coefficient (Wildman–Crippen LogP) is 1.38. The lowest BCUT2D eigenvalue weighted by Gasteiger charge is -2.35. The summed E-state index contributed by atoms with van der Waals surface area (Å²) in [7, 11) is 0. The molecule has 6 nitrogen and oxygen atoms in total. The van der Waals surface area contributed by atoms with Gasteiger partial charge in [-0.1, -0.05) is 0 Å². The van der Waals surface area contributed by atoms with Crippen molar-refractivity contribution in [2.45, 2.75) is 38.5 Å². The van der Waals surface area contributed by atoms with Crippen molar-refractivity contribution in [3.8, 4) is 0 Å². The molecule has 0 aromatic carbocycles. The van der Waals surface area contributed by atoms with Crippen molar-refractivity contribution < 1.29 is 9.59 Å². The highest BCUT2D eigenvalue weighted by Crippen LogP contribution is 2.18. The maximum atomic E-state index is 12.4. The van der Waals surface area contributed by atoms with E-state index in [2.05, 4.69) is 10.2 Å². The van der Waals surface area contributed by atoms with Crippen LogP contribution < -0.4 is 5.32 Å². The lowest BCUT2D eigenvalue weighted by Crippen LogP contribution is -2.51. The molecular weight excluding hydrogens is 375 g/mol. The van der Waals surface area contributed by atoms with Crippen LogP contribution in [0, 0.1) is 5.92 Å². The fraction of sp³-hybridized carbons (Fsp3) is 0.889. The van der Waals surface area contributed by atoms with Crippen LogP contribution in [0.5, 0.6) is 0 Å². The molecule has 0 aromatic rings. The molecule has 0 unspecified atom stereocenters. The SMILES string of the molecule is Cl.Cl.O=C(CCC1CCNCC1)N1CCN(CC(=O)N2CCCC2)CC1. The zero-order chi connectivity index (χ0) is 16.8. The number of carbonyl (C=O) groups is 2. The Morgan fingerprint density at radius 2 is 1.38 bits per heavy atom. The van der Waals surface area contributed by atoms with Crippen LogP contribution in [0.1, 0.15) is 38.5 Å². The van der Waals surface area contributed by atoms with Crippen LogP contribution >= 0.6 is 24.8 Å². The molecule has 3 aliphatic heterocycles. The number of hydrogen-bond donors (Lipinski definition) is 1.